The van der Waals surface area contributed by atoms with Crippen molar-refractivity contribution in [1.82, 2.24) is 0 Å². The van der Waals surface area contributed by atoms with Crippen LogP contribution >= 0.6 is 67.8 Å². The molecule has 3 rings (SSSR count). The van der Waals surface area contributed by atoms with Gasteiger partial charge in [0.05, 0.1) is 16.7 Å². The zero-order chi connectivity index (χ0) is 26.1. The topological polar surface area (TPSA) is 107 Å². The summed E-state index contributed by atoms with van der Waals surface area (Å²) in [5.41, 5.74) is -2.37. The van der Waals surface area contributed by atoms with Gasteiger partial charge in [-0.15, -0.1) is 0 Å². The van der Waals surface area contributed by atoms with E-state index in [0.717, 1.165) is 21.8 Å². The average Bonchev–Trinajstić information content (AvgIpc) is 2.72. The van der Waals surface area contributed by atoms with E-state index >= 15 is 0 Å². The summed E-state index contributed by atoms with van der Waals surface area (Å²) < 4.78 is 83.4. The summed E-state index contributed by atoms with van der Waals surface area (Å²) >= 11 is 5.21. The molecule has 0 aromatic heterocycles. The van der Waals surface area contributed by atoms with Crippen LogP contribution in [0.3, 0.4) is 0 Å². The first kappa shape index (κ1) is 28.1. The van der Waals surface area contributed by atoms with Gasteiger partial charge in [-0.1, -0.05) is 0 Å². The molecular formula is C21H10F3I3O7S. The maximum atomic E-state index is 13.3. The molecule has 7 nitrogen and oxygen atoms in total. The largest absolute Gasteiger partial charge is 0.423 e. The molecule has 0 bridgehead atoms. The zero-order valence-corrected chi connectivity index (χ0v) is 24.1. The van der Waals surface area contributed by atoms with Gasteiger partial charge in [0.25, 0.3) is 10.1 Å². The highest BCUT2D eigenvalue weighted by Gasteiger charge is 2.33. The summed E-state index contributed by atoms with van der Waals surface area (Å²) in [6, 6.07) is 10.3. The molecule has 14 heteroatoms. The van der Waals surface area contributed by atoms with E-state index in [0.29, 0.717) is 12.1 Å². The van der Waals surface area contributed by atoms with Crippen molar-refractivity contribution < 1.29 is 45.2 Å². The summed E-state index contributed by atoms with van der Waals surface area (Å²) in [5, 5.41) is 0. The molecule has 0 aliphatic heterocycles. The number of benzene rings is 3. The Hall–Kier alpha value is -1.51. The number of esters is 2. The molecule has 0 spiro atoms. The number of alkyl halides is 3. The number of hydrogen-bond acceptors (Lipinski definition) is 6. The van der Waals surface area contributed by atoms with Crippen LogP contribution in [0.1, 0.15) is 26.3 Å². The lowest BCUT2D eigenvalue weighted by molar-refractivity contribution is -0.137. The first-order valence-corrected chi connectivity index (χ1v) is 13.7. The van der Waals surface area contributed by atoms with Crippen molar-refractivity contribution >= 4 is 89.8 Å². The Balaban J connectivity index is 2.00. The van der Waals surface area contributed by atoms with E-state index in [1.807, 2.05) is 22.6 Å². The second-order valence-corrected chi connectivity index (χ2v) is 11.6. The third kappa shape index (κ3) is 7.04. The molecule has 3 aromatic rings. The van der Waals surface area contributed by atoms with Crippen molar-refractivity contribution in [3.05, 3.63) is 82.0 Å². The van der Waals surface area contributed by atoms with Gasteiger partial charge in [0.15, 0.2) is 0 Å². The predicted molar refractivity (Wildman–Crippen MR) is 142 cm³/mol. The molecule has 3 aromatic carbocycles. The Morgan fingerprint density at radius 1 is 0.771 bits per heavy atom. The normalized spacial score (nSPS) is 11.7. The van der Waals surface area contributed by atoms with Crippen LogP contribution in [-0.4, -0.2) is 24.9 Å². The van der Waals surface area contributed by atoms with Gasteiger partial charge in [0.1, 0.15) is 16.4 Å². The van der Waals surface area contributed by atoms with Crippen LogP contribution in [0, 0.1) is 10.7 Å². The number of halogens is 6. The molecule has 1 N–H and O–H groups in total. The van der Waals surface area contributed by atoms with Crippen LogP contribution in [0.2, 0.25) is 0 Å². The third-order valence-electron chi connectivity index (χ3n) is 4.25. The summed E-state index contributed by atoms with van der Waals surface area (Å²) in [7, 11) is -4.58. The van der Waals surface area contributed by atoms with Gasteiger partial charge in [-0.05, 0) is 122 Å². The first-order valence-electron chi connectivity index (χ1n) is 9.04. The number of hydrogen-bond donors (Lipinski definition) is 1. The van der Waals surface area contributed by atoms with Crippen molar-refractivity contribution in [2.24, 2.45) is 0 Å². The molecule has 35 heavy (non-hydrogen) atoms. The summed E-state index contributed by atoms with van der Waals surface area (Å²) in [5.74, 6) is -2.50. The fourth-order valence-corrected chi connectivity index (χ4v) is 7.09. The van der Waals surface area contributed by atoms with E-state index in [9.17, 15) is 35.7 Å². The highest BCUT2D eigenvalue weighted by atomic mass is 127. The summed E-state index contributed by atoms with van der Waals surface area (Å²) in [4.78, 5) is 25.1. The van der Waals surface area contributed by atoms with Gasteiger partial charge in [0, 0.05) is 10.7 Å². The highest BCUT2D eigenvalue weighted by molar-refractivity contribution is 14.1. The third-order valence-corrected chi connectivity index (χ3v) is 8.36. The number of carbonyl (C=O) groups is 2. The van der Waals surface area contributed by atoms with Crippen LogP contribution < -0.4 is 9.47 Å². The van der Waals surface area contributed by atoms with Crippen LogP contribution in [0.4, 0.5) is 13.2 Å². The van der Waals surface area contributed by atoms with E-state index in [-0.39, 0.29) is 18.6 Å². The SMILES string of the molecule is O=C(Oc1ccc(I)cc1)c1ccc(C(F)(F)F)cc1C(=O)Oc1cc(I)c(S(=O)(=O)O)c(I)c1. The Kier molecular flexibility index (Phi) is 8.70. The van der Waals surface area contributed by atoms with Gasteiger partial charge in [-0.25, -0.2) is 9.59 Å². The molecule has 0 radical (unpaired) electrons. The summed E-state index contributed by atoms with van der Waals surface area (Å²) in [6.45, 7) is 0. The lowest BCUT2D eigenvalue weighted by Crippen LogP contribution is -2.19. The van der Waals surface area contributed by atoms with E-state index in [4.69, 9.17) is 9.47 Å². The monoisotopic (exact) mass is 844 g/mol. The van der Waals surface area contributed by atoms with Gasteiger partial charge in [-0.3, -0.25) is 4.55 Å². The van der Waals surface area contributed by atoms with E-state index in [1.165, 1.54) is 12.1 Å². The predicted octanol–water partition coefficient (Wildman–Crippen LogP) is 6.20. The Labute approximate surface area is 237 Å². The van der Waals surface area contributed by atoms with Gasteiger partial charge >= 0.3 is 18.1 Å². The van der Waals surface area contributed by atoms with Crippen LogP contribution in [0.25, 0.3) is 0 Å². The Bertz CT molecular complexity index is 1400. The average molecular weight is 844 g/mol. The Morgan fingerprint density at radius 2 is 1.29 bits per heavy atom. The smallest absolute Gasteiger partial charge is 0.416 e. The van der Waals surface area contributed by atoms with Gasteiger partial charge < -0.3 is 9.47 Å². The number of ether oxygens (including phenoxy) is 2. The van der Waals surface area contributed by atoms with E-state index in [1.54, 1.807) is 57.3 Å². The quantitative estimate of drug-likeness (QED) is 0.141. The van der Waals surface area contributed by atoms with Crippen molar-refractivity contribution in [3.63, 3.8) is 0 Å². The van der Waals surface area contributed by atoms with Crippen molar-refractivity contribution in [2.75, 3.05) is 0 Å². The van der Waals surface area contributed by atoms with E-state index < -0.39 is 49.8 Å². The molecule has 0 unspecified atom stereocenters. The number of rotatable bonds is 5. The van der Waals surface area contributed by atoms with Crippen LogP contribution in [-0.2, 0) is 16.3 Å². The molecule has 0 heterocycles. The maximum Gasteiger partial charge on any atom is 0.416 e. The van der Waals surface area contributed by atoms with Crippen LogP contribution in [0.5, 0.6) is 11.5 Å². The minimum absolute atomic E-state index is 0.00202. The lowest BCUT2D eigenvalue weighted by Gasteiger charge is -2.14. The standard InChI is InChI=1S/C21H10F3I3O7S/c22-21(23,24)10-1-6-14(19(28)33-12-4-2-11(25)3-5-12)15(7-10)20(29)34-13-8-16(26)18(17(27)9-13)35(30,31)32/h1-9H,(H,30,31,32). The van der Waals surface area contributed by atoms with Crippen LogP contribution in [0.15, 0.2) is 59.5 Å². The molecule has 0 saturated carbocycles. The fraction of sp³-hybridized carbons (Fsp3) is 0.0476. The second-order valence-electron chi connectivity index (χ2n) is 6.68. The Morgan fingerprint density at radius 3 is 1.80 bits per heavy atom. The second kappa shape index (κ2) is 10.9. The van der Waals surface area contributed by atoms with Crippen molar-refractivity contribution in [2.45, 2.75) is 11.1 Å². The molecule has 0 aliphatic rings. The minimum Gasteiger partial charge on any atom is -0.423 e. The molecule has 184 valence electrons. The molecule has 0 aliphatic carbocycles. The zero-order valence-electron chi connectivity index (χ0n) is 16.8. The fourth-order valence-electron chi connectivity index (χ4n) is 2.74. The number of carbonyl (C=O) groups excluding carboxylic acids is 2. The lowest BCUT2D eigenvalue weighted by atomic mass is 10.0. The maximum absolute atomic E-state index is 13.3. The summed E-state index contributed by atoms with van der Waals surface area (Å²) in [6.07, 6.45) is -4.81. The molecule has 0 atom stereocenters. The van der Waals surface area contributed by atoms with Crippen molar-refractivity contribution in [3.8, 4) is 11.5 Å². The minimum atomic E-state index is -4.81. The van der Waals surface area contributed by atoms with E-state index in [2.05, 4.69) is 0 Å². The highest BCUT2D eigenvalue weighted by Crippen LogP contribution is 2.33. The molecule has 0 saturated heterocycles. The molecule has 0 amide bonds. The molecular weight excluding hydrogens is 834 g/mol. The van der Waals surface area contributed by atoms with Gasteiger partial charge in [-0.2, -0.15) is 21.6 Å². The van der Waals surface area contributed by atoms with Gasteiger partial charge in [0.2, 0.25) is 0 Å². The molecule has 0 fully saturated rings. The van der Waals surface area contributed by atoms with Crippen molar-refractivity contribution in [1.29, 1.82) is 0 Å². The first-order chi connectivity index (χ1) is 16.2.